The summed E-state index contributed by atoms with van der Waals surface area (Å²) in [7, 11) is 1.92. The highest BCUT2D eigenvalue weighted by molar-refractivity contribution is 9.10. The van der Waals surface area contributed by atoms with E-state index in [1.54, 1.807) is 0 Å². The molecule has 19 heavy (non-hydrogen) atoms. The van der Waals surface area contributed by atoms with E-state index < -0.39 is 0 Å². The van der Waals surface area contributed by atoms with Crippen LogP contribution in [0.2, 0.25) is 0 Å². The third kappa shape index (κ3) is 3.58. The van der Waals surface area contributed by atoms with Gasteiger partial charge in [0, 0.05) is 22.6 Å². The topological polar surface area (TPSA) is 47.3 Å². The summed E-state index contributed by atoms with van der Waals surface area (Å²) < 4.78 is 12.1. The van der Waals surface area contributed by atoms with Crippen molar-refractivity contribution in [3.8, 4) is 5.75 Å². The highest BCUT2D eigenvalue weighted by Gasteiger charge is 2.10. The molecule has 0 spiro atoms. The number of rotatable bonds is 5. The van der Waals surface area contributed by atoms with Gasteiger partial charge >= 0.3 is 0 Å². The molecule has 0 radical (unpaired) electrons. The SMILES string of the molecule is CNCc1cc(Br)cc(C)c1OCc1cc(C)no1. The van der Waals surface area contributed by atoms with E-state index in [0.29, 0.717) is 6.61 Å². The second-order valence-electron chi connectivity index (χ2n) is 4.46. The number of halogens is 1. The fourth-order valence-corrected chi connectivity index (χ4v) is 2.57. The van der Waals surface area contributed by atoms with E-state index in [1.165, 1.54) is 0 Å². The Kier molecular flexibility index (Phi) is 4.61. The Balaban J connectivity index is 2.18. The van der Waals surface area contributed by atoms with Gasteiger partial charge in [-0.2, -0.15) is 0 Å². The average Bonchev–Trinajstić information content (AvgIpc) is 2.74. The fraction of sp³-hybridized carbons (Fsp3) is 0.357. The standard InChI is InChI=1S/C14H17BrN2O2/c1-9-4-12(15)6-11(7-16-3)14(9)18-8-13-5-10(2)17-19-13/h4-6,16H,7-8H2,1-3H3. The van der Waals surface area contributed by atoms with Gasteiger partial charge in [0.25, 0.3) is 0 Å². The Morgan fingerprint density at radius 3 is 2.74 bits per heavy atom. The van der Waals surface area contributed by atoms with E-state index >= 15 is 0 Å². The summed E-state index contributed by atoms with van der Waals surface area (Å²) in [6, 6.07) is 5.98. The molecule has 0 aliphatic rings. The van der Waals surface area contributed by atoms with Crippen molar-refractivity contribution in [1.82, 2.24) is 10.5 Å². The predicted octanol–water partition coefficient (Wildman–Crippen LogP) is 3.35. The molecule has 0 aliphatic carbocycles. The van der Waals surface area contributed by atoms with Gasteiger partial charge in [-0.1, -0.05) is 21.1 Å². The number of aryl methyl sites for hydroxylation is 2. The molecule has 2 rings (SSSR count). The number of benzene rings is 1. The van der Waals surface area contributed by atoms with E-state index in [0.717, 1.165) is 39.3 Å². The molecule has 4 nitrogen and oxygen atoms in total. The molecule has 1 N–H and O–H groups in total. The molecule has 0 atom stereocenters. The Hall–Kier alpha value is -1.33. The van der Waals surface area contributed by atoms with Gasteiger partial charge < -0.3 is 14.6 Å². The van der Waals surface area contributed by atoms with E-state index in [1.807, 2.05) is 33.0 Å². The molecule has 0 saturated heterocycles. The maximum absolute atomic E-state index is 5.88. The van der Waals surface area contributed by atoms with Crippen molar-refractivity contribution in [3.05, 3.63) is 45.3 Å². The van der Waals surface area contributed by atoms with Crippen molar-refractivity contribution in [3.63, 3.8) is 0 Å². The summed E-state index contributed by atoms with van der Waals surface area (Å²) in [5.74, 6) is 1.63. The van der Waals surface area contributed by atoms with Crippen molar-refractivity contribution in [1.29, 1.82) is 0 Å². The molecule has 1 aromatic carbocycles. The van der Waals surface area contributed by atoms with E-state index in [2.05, 4.69) is 32.5 Å². The number of ether oxygens (including phenoxy) is 1. The molecule has 5 heteroatoms. The van der Waals surface area contributed by atoms with Crippen molar-refractivity contribution in [2.45, 2.75) is 27.0 Å². The number of aromatic nitrogens is 1. The number of hydrogen-bond donors (Lipinski definition) is 1. The summed E-state index contributed by atoms with van der Waals surface area (Å²) in [5.41, 5.74) is 3.07. The first kappa shape index (κ1) is 14.1. The van der Waals surface area contributed by atoms with Crippen LogP contribution in [0.15, 0.2) is 27.2 Å². The monoisotopic (exact) mass is 324 g/mol. The third-order valence-corrected chi connectivity index (χ3v) is 3.18. The third-order valence-electron chi connectivity index (χ3n) is 2.72. The summed E-state index contributed by atoms with van der Waals surface area (Å²) >= 11 is 3.50. The van der Waals surface area contributed by atoms with Gasteiger partial charge in [0.05, 0.1) is 5.69 Å². The van der Waals surface area contributed by atoms with Crippen LogP contribution in [0.3, 0.4) is 0 Å². The molecule has 0 saturated carbocycles. The van der Waals surface area contributed by atoms with Gasteiger partial charge in [-0.3, -0.25) is 0 Å². The molecule has 0 aliphatic heterocycles. The zero-order valence-electron chi connectivity index (χ0n) is 11.3. The van der Waals surface area contributed by atoms with Crippen LogP contribution in [0.1, 0.15) is 22.6 Å². The maximum Gasteiger partial charge on any atom is 0.174 e. The van der Waals surface area contributed by atoms with Gasteiger partial charge in [0.2, 0.25) is 0 Å². The van der Waals surface area contributed by atoms with Crippen LogP contribution < -0.4 is 10.1 Å². The molecular weight excluding hydrogens is 308 g/mol. The summed E-state index contributed by atoms with van der Waals surface area (Å²) in [6.45, 7) is 5.07. The molecule has 1 aromatic heterocycles. The highest BCUT2D eigenvalue weighted by Crippen LogP contribution is 2.28. The average molecular weight is 325 g/mol. The van der Waals surface area contributed by atoms with Gasteiger partial charge in [-0.15, -0.1) is 0 Å². The first-order valence-corrected chi connectivity index (χ1v) is 6.88. The predicted molar refractivity (Wildman–Crippen MR) is 77.2 cm³/mol. The minimum Gasteiger partial charge on any atom is -0.485 e. The Morgan fingerprint density at radius 1 is 1.32 bits per heavy atom. The summed E-state index contributed by atoms with van der Waals surface area (Å²) in [5, 5.41) is 6.99. The van der Waals surface area contributed by atoms with Gasteiger partial charge in [-0.05, 0) is 38.6 Å². The Bertz CT molecular complexity index is 567. The van der Waals surface area contributed by atoms with Crippen LogP contribution >= 0.6 is 15.9 Å². The lowest BCUT2D eigenvalue weighted by Crippen LogP contribution is -2.08. The van der Waals surface area contributed by atoms with Crippen LogP contribution in [0.4, 0.5) is 0 Å². The molecule has 0 unspecified atom stereocenters. The first-order valence-electron chi connectivity index (χ1n) is 6.08. The Morgan fingerprint density at radius 2 is 2.11 bits per heavy atom. The van der Waals surface area contributed by atoms with Gasteiger partial charge in [0.1, 0.15) is 12.4 Å². The summed E-state index contributed by atoms with van der Waals surface area (Å²) in [6.07, 6.45) is 0. The van der Waals surface area contributed by atoms with Crippen LogP contribution in [-0.2, 0) is 13.2 Å². The second-order valence-corrected chi connectivity index (χ2v) is 5.38. The van der Waals surface area contributed by atoms with E-state index in [-0.39, 0.29) is 0 Å². The zero-order chi connectivity index (χ0) is 13.8. The lowest BCUT2D eigenvalue weighted by atomic mass is 10.1. The van der Waals surface area contributed by atoms with Crippen LogP contribution in [0.5, 0.6) is 5.75 Å². The van der Waals surface area contributed by atoms with E-state index in [4.69, 9.17) is 9.26 Å². The largest absolute Gasteiger partial charge is 0.485 e. The first-order chi connectivity index (χ1) is 9.10. The van der Waals surface area contributed by atoms with Crippen molar-refractivity contribution in [2.24, 2.45) is 0 Å². The fourth-order valence-electron chi connectivity index (χ4n) is 1.96. The molecule has 0 bridgehead atoms. The molecule has 1 heterocycles. The van der Waals surface area contributed by atoms with Crippen LogP contribution in [-0.4, -0.2) is 12.2 Å². The molecule has 0 amide bonds. The lowest BCUT2D eigenvalue weighted by molar-refractivity contribution is 0.245. The Labute approximate surface area is 121 Å². The molecule has 0 fully saturated rings. The van der Waals surface area contributed by atoms with Crippen LogP contribution in [0.25, 0.3) is 0 Å². The molecular formula is C14H17BrN2O2. The van der Waals surface area contributed by atoms with Gasteiger partial charge in [0.15, 0.2) is 5.76 Å². The lowest BCUT2D eigenvalue weighted by Gasteiger charge is -2.14. The number of nitrogens with one attached hydrogen (secondary N) is 1. The number of nitrogens with zero attached hydrogens (tertiary/aromatic N) is 1. The summed E-state index contributed by atoms with van der Waals surface area (Å²) in [4.78, 5) is 0. The normalized spacial score (nSPS) is 10.7. The quantitative estimate of drug-likeness (QED) is 0.916. The zero-order valence-corrected chi connectivity index (χ0v) is 12.9. The smallest absolute Gasteiger partial charge is 0.174 e. The van der Waals surface area contributed by atoms with E-state index in [9.17, 15) is 0 Å². The minimum atomic E-state index is 0.389. The van der Waals surface area contributed by atoms with Crippen molar-refractivity contribution >= 4 is 15.9 Å². The van der Waals surface area contributed by atoms with Gasteiger partial charge in [-0.25, -0.2) is 0 Å². The van der Waals surface area contributed by atoms with Crippen molar-refractivity contribution in [2.75, 3.05) is 7.05 Å². The molecule has 102 valence electrons. The van der Waals surface area contributed by atoms with Crippen molar-refractivity contribution < 1.29 is 9.26 Å². The maximum atomic E-state index is 5.88. The second kappa shape index (κ2) is 6.21. The highest BCUT2D eigenvalue weighted by atomic mass is 79.9. The number of hydrogen-bond acceptors (Lipinski definition) is 4. The van der Waals surface area contributed by atoms with Crippen LogP contribution in [0, 0.1) is 13.8 Å². The minimum absolute atomic E-state index is 0.389. The molecule has 2 aromatic rings.